The highest BCUT2D eigenvalue weighted by Crippen LogP contribution is 2.23. The van der Waals surface area contributed by atoms with Gasteiger partial charge in [-0.1, -0.05) is 24.6 Å². The van der Waals surface area contributed by atoms with E-state index >= 15 is 0 Å². The van der Waals surface area contributed by atoms with Crippen molar-refractivity contribution in [3.63, 3.8) is 0 Å². The maximum absolute atomic E-state index is 12.4. The Hall–Kier alpha value is -3.33. The fraction of sp³-hybridized carbons (Fsp3) is 0.348. The number of rotatable bonds is 7. The summed E-state index contributed by atoms with van der Waals surface area (Å²) in [7, 11) is 0. The molecule has 1 N–H and O–H groups in total. The van der Waals surface area contributed by atoms with E-state index in [9.17, 15) is 14.9 Å². The van der Waals surface area contributed by atoms with Gasteiger partial charge in [-0.25, -0.2) is 4.79 Å². The third-order valence-electron chi connectivity index (χ3n) is 4.60. The molecule has 0 saturated carbocycles. The van der Waals surface area contributed by atoms with Crippen LogP contribution in [-0.2, 0) is 14.3 Å². The summed E-state index contributed by atoms with van der Waals surface area (Å²) in [4.78, 5) is 24.3. The van der Waals surface area contributed by atoms with Crippen LogP contribution in [-0.4, -0.2) is 29.1 Å². The number of carbonyl (C=O) groups excluding carboxylic acids is 2. The van der Waals surface area contributed by atoms with Crippen molar-refractivity contribution in [1.82, 2.24) is 9.88 Å². The second kappa shape index (κ2) is 9.74. The highest BCUT2D eigenvalue weighted by molar-refractivity contribution is 5.99. The maximum Gasteiger partial charge on any atom is 0.349 e. The van der Waals surface area contributed by atoms with Crippen LogP contribution in [0.4, 0.5) is 0 Å². The number of amides is 1. The molecule has 1 atom stereocenters. The second-order valence-electron chi connectivity index (χ2n) is 7.01. The lowest BCUT2D eigenvalue weighted by Gasteiger charge is -2.12. The van der Waals surface area contributed by atoms with Crippen LogP contribution in [0.2, 0.25) is 0 Å². The first-order valence-electron chi connectivity index (χ1n) is 9.65. The highest BCUT2D eigenvalue weighted by atomic mass is 16.5. The Balaban J connectivity index is 2.26. The van der Waals surface area contributed by atoms with E-state index in [0.29, 0.717) is 6.54 Å². The van der Waals surface area contributed by atoms with Gasteiger partial charge in [0.2, 0.25) is 0 Å². The third-order valence-corrected chi connectivity index (χ3v) is 4.60. The van der Waals surface area contributed by atoms with Gasteiger partial charge in [-0.05, 0) is 64.0 Å². The van der Waals surface area contributed by atoms with Gasteiger partial charge >= 0.3 is 5.97 Å². The topological polar surface area (TPSA) is 84.1 Å². The number of hydrogen-bond acceptors (Lipinski definition) is 4. The summed E-state index contributed by atoms with van der Waals surface area (Å²) in [6.45, 7) is 9.85. The van der Waals surface area contributed by atoms with Crippen LogP contribution in [0, 0.1) is 32.1 Å². The molecule has 0 spiro atoms. The van der Waals surface area contributed by atoms with E-state index in [1.54, 1.807) is 0 Å². The Bertz CT molecular complexity index is 962. The molecule has 2 rings (SSSR count). The summed E-state index contributed by atoms with van der Waals surface area (Å²) in [5.41, 5.74) is 4.66. The van der Waals surface area contributed by atoms with E-state index in [0.717, 1.165) is 29.1 Å². The summed E-state index contributed by atoms with van der Waals surface area (Å²) < 4.78 is 7.22. The van der Waals surface area contributed by atoms with Gasteiger partial charge in [0.05, 0.1) is 0 Å². The molecular weight excluding hydrogens is 366 g/mol. The van der Waals surface area contributed by atoms with Crippen LogP contribution >= 0.6 is 0 Å². The normalized spacial score (nSPS) is 12.2. The Morgan fingerprint density at radius 2 is 1.90 bits per heavy atom. The van der Waals surface area contributed by atoms with Crippen molar-refractivity contribution in [3.8, 4) is 11.8 Å². The van der Waals surface area contributed by atoms with Crippen molar-refractivity contribution in [1.29, 1.82) is 5.26 Å². The number of aromatic nitrogens is 1. The quantitative estimate of drug-likeness (QED) is 0.441. The molecule has 6 nitrogen and oxygen atoms in total. The summed E-state index contributed by atoms with van der Waals surface area (Å²) in [5, 5.41) is 12.1. The van der Waals surface area contributed by atoms with Gasteiger partial charge in [0.15, 0.2) is 6.10 Å². The van der Waals surface area contributed by atoms with E-state index in [2.05, 4.69) is 9.88 Å². The molecule has 0 bridgehead atoms. The predicted octanol–water partition coefficient (Wildman–Crippen LogP) is 3.77. The second-order valence-corrected chi connectivity index (χ2v) is 7.01. The van der Waals surface area contributed by atoms with E-state index < -0.39 is 12.1 Å². The van der Waals surface area contributed by atoms with Crippen molar-refractivity contribution in [3.05, 3.63) is 58.4 Å². The molecule has 0 aliphatic heterocycles. The van der Waals surface area contributed by atoms with Gasteiger partial charge < -0.3 is 14.6 Å². The predicted molar refractivity (Wildman–Crippen MR) is 112 cm³/mol. The Morgan fingerprint density at radius 1 is 1.24 bits per heavy atom. The zero-order chi connectivity index (χ0) is 21.6. The Morgan fingerprint density at radius 3 is 2.48 bits per heavy atom. The van der Waals surface area contributed by atoms with Crippen molar-refractivity contribution < 1.29 is 14.3 Å². The molecule has 152 valence electrons. The first-order chi connectivity index (χ1) is 13.8. The van der Waals surface area contributed by atoms with Gasteiger partial charge in [0.25, 0.3) is 5.91 Å². The number of aryl methyl sites for hydroxylation is 2. The zero-order valence-electron chi connectivity index (χ0n) is 17.6. The van der Waals surface area contributed by atoms with E-state index in [1.165, 1.54) is 18.6 Å². The van der Waals surface area contributed by atoms with Gasteiger partial charge in [-0.15, -0.1) is 0 Å². The largest absolute Gasteiger partial charge is 0.448 e. The monoisotopic (exact) mass is 393 g/mol. The minimum atomic E-state index is -0.967. The van der Waals surface area contributed by atoms with Gasteiger partial charge in [0, 0.05) is 23.6 Å². The molecule has 0 aliphatic rings. The lowest BCUT2D eigenvalue weighted by Crippen LogP contribution is -2.36. The SMILES string of the molecule is CCCNC(=O)[C@@H](C)OC(=O)/C(C#N)=C/c1cc(C)n(-c2ccc(C)cc2)c1C. The fourth-order valence-electron chi connectivity index (χ4n) is 2.99. The Labute approximate surface area is 171 Å². The lowest BCUT2D eigenvalue weighted by molar-refractivity contribution is -0.150. The first kappa shape index (κ1) is 22.0. The maximum atomic E-state index is 12.4. The molecule has 0 unspecified atom stereocenters. The van der Waals surface area contributed by atoms with Crippen molar-refractivity contribution in [2.45, 2.75) is 47.1 Å². The minimum absolute atomic E-state index is 0.149. The molecule has 0 fully saturated rings. The number of benzene rings is 1. The number of esters is 1. The zero-order valence-corrected chi connectivity index (χ0v) is 17.6. The van der Waals surface area contributed by atoms with Crippen molar-refractivity contribution >= 4 is 18.0 Å². The van der Waals surface area contributed by atoms with E-state index in [-0.39, 0.29) is 11.5 Å². The lowest BCUT2D eigenvalue weighted by atomic mass is 10.1. The van der Waals surface area contributed by atoms with Crippen LogP contribution in [0.25, 0.3) is 11.8 Å². The molecule has 6 heteroatoms. The van der Waals surface area contributed by atoms with E-state index in [4.69, 9.17) is 4.74 Å². The molecule has 1 aromatic carbocycles. The number of nitrogens with one attached hydrogen (secondary N) is 1. The van der Waals surface area contributed by atoms with Gasteiger partial charge in [-0.2, -0.15) is 5.26 Å². The molecule has 1 heterocycles. The standard InChI is InChI=1S/C23H27N3O3/c1-6-11-25-22(27)18(5)29-23(28)20(14-24)13-19-12-16(3)26(17(19)4)21-9-7-15(2)8-10-21/h7-10,12-13,18H,6,11H2,1-5H3,(H,25,27)/b20-13+/t18-/m1/s1. The number of nitrogens with zero attached hydrogens (tertiary/aromatic N) is 2. The van der Waals surface area contributed by atoms with Crippen LogP contribution in [0.15, 0.2) is 35.9 Å². The average Bonchev–Trinajstić information content (AvgIpc) is 2.97. The molecule has 0 radical (unpaired) electrons. The van der Waals surface area contributed by atoms with Crippen LogP contribution < -0.4 is 5.32 Å². The summed E-state index contributed by atoms with van der Waals surface area (Å²) >= 11 is 0. The molecular formula is C23H27N3O3. The first-order valence-corrected chi connectivity index (χ1v) is 9.65. The van der Waals surface area contributed by atoms with Crippen LogP contribution in [0.1, 0.15) is 42.8 Å². The molecule has 2 aromatic rings. The van der Waals surface area contributed by atoms with Gasteiger partial charge in [-0.3, -0.25) is 4.79 Å². The summed E-state index contributed by atoms with van der Waals surface area (Å²) in [6.07, 6.45) is 1.32. The van der Waals surface area contributed by atoms with E-state index in [1.807, 2.05) is 64.1 Å². The summed E-state index contributed by atoms with van der Waals surface area (Å²) in [5.74, 6) is -1.19. The third kappa shape index (κ3) is 5.35. The molecule has 1 aromatic heterocycles. The number of nitriles is 1. The molecule has 29 heavy (non-hydrogen) atoms. The van der Waals surface area contributed by atoms with Crippen molar-refractivity contribution in [2.75, 3.05) is 6.54 Å². The molecule has 0 aliphatic carbocycles. The Kier molecular flexibility index (Phi) is 7.38. The highest BCUT2D eigenvalue weighted by Gasteiger charge is 2.21. The molecule has 0 saturated heterocycles. The number of carbonyl (C=O) groups is 2. The van der Waals surface area contributed by atoms with Gasteiger partial charge in [0.1, 0.15) is 11.6 Å². The smallest absolute Gasteiger partial charge is 0.349 e. The average molecular weight is 393 g/mol. The number of ether oxygens (including phenoxy) is 1. The molecule has 1 amide bonds. The van der Waals surface area contributed by atoms with Crippen molar-refractivity contribution in [2.24, 2.45) is 0 Å². The fourth-order valence-corrected chi connectivity index (χ4v) is 2.99. The summed E-state index contributed by atoms with van der Waals surface area (Å²) in [6, 6.07) is 11.9. The number of hydrogen-bond donors (Lipinski definition) is 1. The minimum Gasteiger partial charge on any atom is -0.448 e. The van der Waals surface area contributed by atoms with Crippen LogP contribution in [0.3, 0.4) is 0 Å². The van der Waals surface area contributed by atoms with Crippen LogP contribution in [0.5, 0.6) is 0 Å².